The van der Waals surface area contributed by atoms with Gasteiger partial charge in [0.05, 0.1) is 35.8 Å². The topological polar surface area (TPSA) is 80.9 Å². The Bertz CT molecular complexity index is 971. The molecule has 0 unspecified atom stereocenters. The molecule has 0 aliphatic rings. The van der Waals surface area contributed by atoms with Crippen LogP contribution in [0.3, 0.4) is 0 Å². The van der Waals surface area contributed by atoms with E-state index in [2.05, 4.69) is 4.99 Å². The molecule has 130 valence electrons. The maximum absolute atomic E-state index is 11.6. The van der Waals surface area contributed by atoms with Crippen LogP contribution < -0.4 is 0 Å². The van der Waals surface area contributed by atoms with Crippen LogP contribution >= 0.6 is 0 Å². The van der Waals surface area contributed by atoms with Gasteiger partial charge in [-0.2, -0.15) is 0 Å². The molecule has 0 aliphatic carbocycles. The van der Waals surface area contributed by atoms with Crippen LogP contribution in [0, 0.1) is 0 Å². The first-order valence-corrected chi connectivity index (χ1v) is 7.82. The van der Waals surface area contributed by atoms with E-state index in [-0.39, 0.29) is 5.56 Å². The van der Waals surface area contributed by atoms with E-state index < -0.39 is 11.9 Å². The quantitative estimate of drug-likeness (QED) is 0.563. The van der Waals surface area contributed by atoms with Crippen LogP contribution in [0.25, 0.3) is 5.69 Å². The minimum absolute atomic E-state index is 0.232. The van der Waals surface area contributed by atoms with Crippen molar-refractivity contribution in [3.63, 3.8) is 0 Å². The average Bonchev–Trinajstić information content (AvgIpc) is 3.14. The average molecular weight is 348 g/mol. The van der Waals surface area contributed by atoms with Crippen LogP contribution in [0.5, 0.6) is 0 Å². The third-order valence-corrected chi connectivity index (χ3v) is 3.79. The molecule has 0 atom stereocenters. The summed E-state index contributed by atoms with van der Waals surface area (Å²) >= 11 is 0. The second-order valence-corrected chi connectivity index (χ2v) is 5.46. The Kier molecular flexibility index (Phi) is 4.94. The zero-order valence-electron chi connectivity index (χ0n) is 14.0. The number of ether oxygens (including phenoxy) is 1. The molecule has 0 radical (unpaired) electrons. The van der Waals surface area contributed by atoms with Gasteiger partial charge in [-0.15, -0.1) is 0 Å². The molecule has 6 heteroatoms. The summed E-state index contributed by atoms with van der Waals surface area (Å²) in [7, 11) is 1.33. The summed E-state index contributed by atoms with van der Waals surface area (Å²) in [5, 5.41) is 8.99. The van der Waals surface area contributed by atoms with Gasteiger partial charge in [-0.1, -0.05) is 6.07 Å². The molecule has 0 bridgehead atoms. The molecule has 2 aromatic carbocycles. The van der Waals surface area contributed by atoms with Gasteiger partial charge in [-0.05, 0) is 54.6 Å². The van der Waals surface area contributed by atoms with Gasteiger partial charge in [-0.3, -0.25) is 4.99 Å². The first-order chi connectivity index (χ1) is 12.6. The molecule has 0 fully saturated rings. The predicted molar refractivity (Wildman–Crippen MR) is 97.8 cm³/mol. The summed E-state index contributed by atoms with van der Waals surface area (Å²) in [6.45, 7) is 0. The van der Waals surface area contributed by atoms with Crippen LogP contribution in [-0.4, -0.2) is 34.9 Å². The van der Waals surface area contributed by atoms with Gasteiger partial charge in [0.1, 0.15) is 0 Å². The smallest absolute Gasteiger partial charge is 0.337 e. The number of esters is 1. The molecule has 0 spiro atoms. The lowest BCUT2D eigenvalue weighted by molar-refractivity contribution is 0.0600. The fraction of sp³-hybridized carbons (Fsp3) is 0.0500. The number of aromatic nitrogens is 1. The van der Waals surface area contributed by atoms with Gasteiger partial charge in [0.2, 0.25) is 0 Å². The lowest BCUT2D eigenvalue weighted by Crippen LogP contribution is -2.01. The van der Waals surface area contributed by atoms with Crippen LogP contribution in [0.1, 0.15) is 26.4 Å². The Morgan fingerprint density at radius 3 is 2.50 bits per heavy atom. The van der Waals surface area contributed by atoms with Crippen molar-refractivity contribution in [2.75, 3.05) is 7.11 Å². The van der Waals surface area contributed by atoms with Crippen molar-refractivity contribution < 1.29 is 19.4 Å². The van der Waals surface area contributed by atoms with Crippen molar-refractivity contribution in [1.82, 2.24) is 4.57 Å². The number of carbonyl (C=O) groups excluding carboxylic acids is 1. The summed E-state index contributed by atoms with van der Waals surface area (Å²) in [4.78, 5) is 27.0. The van der Waals surface area contributed by atoms with Crippen LogP contribution in [0.4, 0.5) is 5.69 Å². The highest BCUT2D eigenvalue weighted by molar-refractivity contribution is 5.91. The maximum atomic E-state index is 11.6. The van der Waals surface area contributed by atoms with Crippen molar-refractivity contribution in [3.8, 4) is 5.69 Å². The Balaban J connectivity index is 1.86. The summed E-state index contributed by atoms with van der Waals surface area (Å²) in [6, 6.07) is 17.2. The van der Waals surface area contributed by atoms with Crippen LogP contribution in [0.15, 0.2) is 71.9 Å². The lowest BCUT2D eigenvalue weighted by atomic mass is 10.2. The second kappa shape index (κ2) is 7.48. The monoisotopic (exact) mass is 348 g/mol. The van der Waals surface area contributed by atoms with Crippen LogP contribution in [0.2, 0.25) is 0 Å². The number of aliphatic imine (C=N–C) groups is 1. The predicted octanol–water partition coefficient (Wildman–Crippen LogP) is 3.71. The third kappa shape index (κ3) is 3.70. The van der Waals surface area contributed by atoms with Crippen LogP contribution in [-0.2, 0) is 4.74 Å². The molecule has 0 aliphatic heterocycles. The molecule has 0 amide bonds. The fourth-order valence-corrected chi connectivity index (χ4v) is 2.47. The largest absolute Gasteiger partial charge is 0.478 e. The van der Waals surface area contributed by atoms with Gasteiger partial charge in [0.25, 0.3) is 0 Å². The first-order valence-electron chi connectivity index (χ1n) is 7.82. The van der Waals surface area contributed by atoms with Crippen molar-refractivity contribution >= 4 is 23.8 Å². The number of nitrogens with zero attached hydrogens (tertiary/aromatic N) is 2. The molecular weight excluding hydrogens is 332 g/mol. The highest BCUT2D eigenvalue weighted by Gasteiger charge is 2.06. The van der Waals surface area contributed by atoms with Gasteiger partial charge >= 0.3 is 11.9 Å². The number of carboxylic acid groups (broad SMARTS) is 1. The summed E-state index contributed by atoms with van der Waals surface area (Å²) < 4.78 is 6.60. The number of carbonyl (C=O) groups is 2. The van der Waals surface area contributed by atoms with E-state index in [4.69, 9.17) is 9.84 Å². The minimum Gasteiger partial charge on any atom is -0.478 e. The highest BCUT2D eigenvalue weighted by atomic mass is 16.5. The number of methoxy groups -OCH3 is 1. The number of hydrogen-bond donors (Lipinski definition) is 1. The Labute approximate surface area is 150 Å². The Hall–Kier alpha value is -3.67. The summed E-state index contributed by atoms with van der Waals surface area (Å²) in [5.74, 6) is -1.37. The number of rotatable bonds is 5. The number of benzene rings is 2. The molecule has 3 rings (SSSR count). The van der Waals surface area contributed by atoms with Gasteiger partial charge in [-0.25, -0.2) is 9.59 Å². The fourth-order valence-electron chi connectivity index (χ4n) is 2.47. The van der Waals surface area contributed by atoms with E-state index in [0.29, 0.717) is 11.3 Å². The zero-order valence-corrected chi connectivity index (χ0v) is 14.0. The van der Waals surface area contributed by atoms with Gasteiger partial charge < -0.3 is 14.4 Å². The number of aromatic carboxylic acids is 1. The van der Waals surface area contributed by atoms with Crippen molar-refractivity contribution in [3.05, 3.63) is 83.7 Å². The van der Waals surface area contributed by atoms with Gasteiger partial charge in [0.15, 0.2) is 0 Å². The van der Waals surface area contributed by atoms with Crippen molar-refractivity contribution in [2.45, 2.75) is 0 Å². The molecule has 26 heavy (non-hydrogen) atoms. The molecule has 0 saturated carbocycles. The maximum Gasteiger partial charge on any atom is 0.337 e. The summed E-state index contributed by atoms with van der Waals surface area (Å²) in [5.41, 5.74) is 2.93. The molecule has 6 nitrogen and oxygen atoms in total. The SMILES string of the molecule is COC(=O)c1cccc(N=Cc2cccn2-c2ccc(C(=O)O)cc2)c1. The third-order valence-electron chi connectivity index (χ3n) is 3.79. The number of hydrogen-bond acceptors (Lipinski definition) is 4. The Morgan fingerprint density at radius 1 is 1.04 bits per heavy atom. The molecule has 1 aromatic heterocycles. The lowest BCUT2D eigenvalue weighted by Gasteiger charge is -2.06. The van der Waals surface area contributed by atoms with E-state index in [9.17, 15) is 9.59 Å². The normalized spacial score (nSPS) is 10.8. The standard InChI is InChI=1S/C20H16N2O4/c1-26-20(25)15-4-2-5-16(12-15)21-13-18-6-3-11-22(18)17-9-7-14(8-10-17)19(23)24/h2-13H,1H3,(H,23,24). The highest BCUT2D eigenvalue weighted by Crippen LogP contribution is 2.17. The second-order valence-electron chi connectivity index (χ2n) is 5.46. The Morgan fingerprint density at radius 2 is 1.81 bits per heavy atom. The van der Waals surface area contributed by atoms with E-state index in [1.54, 1.807) is 54.7 Å². The molecule has 0 saturated heterocycles. The minimum atomic E-state index is -0.962. The van der Waals surface area contributed by atoms with E-state index >= 15 is 0 Å². The van der Waals surface area contributed by atoms with Crippen molar-refractivity contribution in [1.29, 1.82) is 0 Å². The molecular formula is C20H16N2O4. The van der Waals surface area contributed by atoms with Gasteiger partial charge in [0, 0.05) is 11.9 Å². The first kappa shape index (κ1) is 17.2. The van der Waals surface area contributed by atoms with Crippen molar-refractivity contribution in [2.24, 2.45) is 4.99 Å². The molecule has 1 heterocycles. The molecule has 3 aromatic rings. The molecule has 1 N–H and O–H groups in total. The summed E-state index contributed by atoms with van der Waals surface area (Å²) in [6.07, 6.45) is 3.55. The van der Waals surface area contributed by atoms with E-state index in [1.165, 1.54) is 7.11 Å². The van der Waals surface area contributed by atoms with E-state index in [1.807, 2.05) is 22.9 Å². The number of carboxylic acids is 1. The van der Waals surface area contributed by atoms with E-state index in [0.717, 1.165) is 11.4 Å². The zero-order chi connectivity index (χ0) is 18.5.